The van der Waals surface area contributed by atoms with Crippen molar-refractivity contribution >= 4 is 27.5 Å². The van der Waals surface area contributed by atoms with Crippen molar-refractivity contribution in [2.24, 2.45) is 0 Å². The number of carbonyl (C=O) groups excluding carboxylic acids is 1. The van der Waals surface area contributed by atoms with E-state index < -0.39 is 6.61 Å². The first kappa shape index (κ1) is 21.1. The number of alkyl halides is 2. The molecular formula is C21H23F2N3O2S. The minimum Gasteiger partial charge on any atom is -0.435 e. The molecule has 3 aromatic rings. The summed E-state index contributed by atoms with van der Waals surface area (Å²) in [5.74, 6) is 0.0522. The lowest BCUT2D eigenvalue weighted by atomic mass is 10.1. The number of carbonyl (C=O) groups is 1. The normalized spacial score (nSPS) is 12.5. The molecule has 0 bridgehead atoms. The van der Waals surface area contributed by atoms with E-state index in [0.717, 1.165) is 20.8 Å². The second-order valence-electron chi connectivity index (χ2n) is 6.73. The lowest BCUT2D eigenvalue weighted by Gasteiger charge is -2.22. The molecule has 0 aliphatic rings. The number of aromatic nitrogens is 1. The van der Waals surface area contributed by atoms with Gasteiger partial charge in [-0.2, -0.15) is 8.78 Å². The zero-order valence-corrected chi connectivity index (χ0v) is 17.1. The number of likely N-dealkylation sites (N-methyl/N-ethyl adjacent to an activating group) is 1. The number of amides is 1. The highest BCUT2D eigenvalue weighted by atomic mass is 32.1. The summed E-state index contributed by atoms with van der Waals surface area (Å²) >= 11 is 1.64. The Morgan fingerprint density at radius 1 is 1.21 bits per heavy atom. The molecule has 0 aliphatic heterocycles. The van der Waals surface area contributed by atoms with E-state index in [2.05, 4.69) is 15.0 Å². The van der Waals surface area contributed by atoms with Gasteiger partial charge in [0.25, 0.3) is 0 Å². The van der Waals surface area contributed by atoms with Crippen LogP contribution in [0.5, 0.6) is 5.75 Å². The third kappa shape index (κ3) is 5.95. The van der Waals surface area contributed by atoms with Crippen molar-refractivity contribution in [1.29, 1.82) is 0 Å². The summed E-state index contributed by atoms with van der Waals surface area (Å²) in [6.07, 6.45) is 0.609. The van der Waals surface area contributed by atoms with Crippen molar-refractivity contribution in [3.05, 3.63) is 59.1 Å². The van der Waals surface area contributed by atoms with Gasteiger partial charge in [-0.25, -0.2) is 4.98 Å². The third-order valence-electron chi connectivity index (χ3n) is 4.61. The number of ether oxygens (including phenoxy) is 1. The molecule has 0 unspecified atom stereocenters. The van der Waals surface area contributed by atoms with Crippen molar-refractivity contribution in [3.63, 3.8) is 0 Å². The van der Waals surface area contributed by atoms with E-state index in [0.29, 0.717) is 13.0 Å². The van der Waals surface area contributed by atoms with Crippen LogP contribution in [0.2, 0.25) is 0 Å². The minimum absolute atomic E-state index is 0.0283. The first-order chi connectivity index (χ1) is 13.9. The Labute approximate surface area is 172 Å². The van der Waals surface area contributed by atoms with E-state index in [1.165, 1.54) is 12.1 Å². The van der Waals surface area contributed by atoms with Crippen LogP contribution in [0.3, 0.4) is 0 Å². The van der Waals surface area contributed by atoms with Gasteiger partial charge in [0, 0.05) is 6.54 Å². The fraction of sp³-hybridized carbons (Fsp3) is 0.333. The average molecular weight is 419 g/mol. The van der Waals surface area contributed by atoms with Gasteiger partial charge in [-0.3, -0.25) is 9.69 Å². The number of hydrogen-bond donors (Lipinski definition) is 1. The highest BCUT2D eigenvalue weighted by Gasteiger charge is 2.18. The molecule has 1 atom stereocenters. The van der Waals surface area contributed by atoms with Crippen LogP contribution in [0.25, 0.3) is 10.2 Å². The maximum atomic E-state index is 12.3. The molecule has 1 N–H and O–H groups in total. The molecule has 154 valence electrons. The Morgan fingerprint density at radius 3 is 2.62 bits per heavy atom. The highest BCUT2D eigenvalue weighted by Crippen LogP contribution is 2.28. The molecule has 2 aromatic carbocycles. The number of nitrogens with zero attached hydrogens (tertiary/aromatic N) is 2. The van der Waals surface area contributed by atoms with Gasteiger partial charge in [0.05, 0.1) is 22.8 Å². The Hall–Kier alpha value is -2.58. The third-order valence-corrected chi connectivity index (χ3v) is 5.81. The summed E-state index contributed by atoms with van der Waals surface area (Å²) in [7, 11) is 1.90. The predicted molar refractivity (Wildman–Crippen MR) is 110 cm³/mol. The average Bonchev–Trinajstić information content (AvgIpc) is 3.12. The Bertz CT molecular complexity index is 914. The van der Waals surface area contributed by atoms with Crippen LogP contribution in [0.1, 0.15) is 23.5 Å². The van der Waals surface area contributed by atoms with E-state index in [4.69, 9.17) is 0 Å². The highest BCUT2D eigenvalue weighted by molar-refractivity contribution is 7.18. The smallest absolute Gasteiger partial charge is 0.387 e. The number of fused-ring (bicyclic) bond motifs is 1. The van der Waals surface area contributed by atoms with Crippen LogP contribution in [-0.4, -0.2) is 42.5 Å². The van der Waals surface area contributed by atoms with E-state index >= 15 is 0 Å². The molecule has 0 spiro atoms. The summed E-state index contributed by atoms with van der Waals surface area (Å²) in [5.41, 5.74) is 1.91. The van der Waals surface area contributed by atoms with Crippen molar-refractivity contribution < 1.29 is 18.3 Å². The molecule has 0 saturated carbocycles. The predicted octanol–water partition coefficient (Wildman–Crippen LogP) is 4.25. The van der Waals surface area contributed by atoms with Crippen LogP contribution >= 0.6 is 11.3 Å². The second-order valence-corrected chi connectivity index (χ2v) is 7.80. The van der Waals surface area contributed by atoms with E-state index in [1.807, 2.05) is 43.1 Å². The van der Waals surface area contributed by atoms with Crippen LogP contribution in [0.4, 0.5) is 8.78 Å². The standard InChI is InChI=1S/C21H23F2N3O2S/c1-14(20-25-17-5-3-4-6-18(17)29-20)26(2)13-19(27)24-12-11-15-7-9-16(10-8-15)28-21(22)23/h3-10,14,21H,11-13H2,1-2H3,(H,24,27)/t14-/m0/s1. The van der Waals surface area contributed by atoms with Crippen LogP contribution in [0, 0.1) is 0 Å². The summed E-state index contributed by atoms with van der Waals surface area (Å²) in [6, 6.07) is 14.4. The monoisotopic (exact) mass is 419 g/mol. The molecule has 0 aliphatic carbocycles. The number of thiazole rings is 1. The molecule has 0 saturated heterocycles. The largest absolute Gasteiger partial charge is 0.435 e. The number of benzene rings is 2. The molecular weight excluding hydrogens is 396 g/mol. The molecule has 8 heteroatoms. The summed E-state index contributed by atoms with van der Waals surface area (Å²) < 4.78 is 29.8. The van der Waals surface area contributed by atoms with Gasteiger partial charge in [0.2, 0.25) is 5.91 Å². The number of hydrogen-bond acceptors (Lipinski definition) is 5. The van der Waals surface area contributed by atoms with Gasteiger partial charge in [-0.1, -0.05) is 24.3 Å². The zero-order chi connectivity index (χ0) is 20.8. The Balaban J connectivity index is 1.44. The molecule has 0 fully saturated rings. The molecule has 1 heterocycles. The lowest BCUT2D eigenvalue weighted by Crippen LogP contribution is -2.37. The zero-order valence-electron chi connectivity index (χ0n) is 16.3. The summed E-state index contributed by atoms with van der Waals surface area (Å²) in [5, 5.41) is 3.87. The molecule has 5 nitrogen and oxygen atoms in total. The van der Waals surface area contributed by atoms with Gasteiger partial charge in [0.1, 0.15) is 10.8 Å². The van der Waals surface area contributed by atoms with Gasteiger partial charge >= 0.3 is 6.61 Å². The van der Waals surface area contributed by atoms with E-state index in [9.17, 15) is 13.6 Å². The van der Waals surface area contributed by atoms with Gasteiger partial charge in [0.15, 0.2) is 0 Å². The fourth-order valence-electron chi connectivity index (χ4n) is 2.86. The van der Waals surface area contributed by atoms with Crippen LogP contribution in [-0.2, 0) is 11.2 Å². The van der Waals surface area contributed by atoms with Crippen molar-refractivity contribution in [2.75, 3.05) is 20.1 Å². The van der Waals surface area contributed by atoms with Gasteiger partial charge in [-0.05, 0) is 50.2 Å². The van der Waals surface area contributed by atoms with Gasteiger partial charge < -0.3 is 10.1 Å². The van der Waals surface area contributed by atoms with Gasteiger partial charge in [-0.15, -0.1) is 11.3 Å². The number of rotatable bonds is 9. The maximum Gasteiger partial charge on any atom is 0.387 e. The Morgan fingerprint density at radius 2 is 1.93 bits per heavy atom. The molecule has 0 radical (unpaired) electrons. The number of para-hydroxylation sites is 1. The number of halogens is 2. The first-order valence-corrected chi connectivity index (χ1v) is 10.1. The minimum atomic E-state index is -2.83. The summed E-state index contributed by atoms with van der Waals surface area (Å²) in [6.45, 7) is -0.0638. The quantitative estimate of drug-likeness (QED) is 0.563. The van der Waals surface area contributed by atoms with Crippen molar-refractivity contribution in [1.82, 2.24) is 15.2 Å². The fourth-order valence-corrected chi connectivity index (χ4v) is 3.95. The maximum absolute atomic E-state index is 12.3. The van der Waals surface area contributed by atoms with Crippen molar-refractivity contribution in [3.8, 4) is 5.75 Å². The van der Waals surface area contributed by atoms with Crippen LogP contribution < -0.4 is 10.1 Å². The van der Waals surface area contributed by atoms with E-state index in [-0.39, 0.29) is 24.2 Å². The second kappa shape index (κ2) is 9.76. The topological polar surface area (TPSA) is 54.5 Å². The molecule has 1 aromatic heterocycles. The van der Waals surface area contributed by atoms with Crippen LogP contribution in [0.15, 0.2) is 48.5 Å². The Kier molecular flexibility index (Phi) is 7.11. The lowest BCUT2D eigenvalue weighted by molar-refractivity contribution is -0.122. The van der Waals surface area contributed by atoms with E-state index in [1.54, 1.807) is 23.5 Å². The molecule has 29 heavy (non-hydrogen) atoms. The SMILES string of the molecule is C[C@@H](c1nc2ccccc2s1)N(C)CC(=O)NCCc1ccc(OC(F)F)cc1. The summed E-state index contributed by atoms with van der Waals surface area (Å²) in [4.78, 5) is 18.9. The van der Waals surface area contributed by atoms with Crippen molar-refractivity contribution in [2.45, 2.75) is 26.0 Å². The molecule has 1 amide bonds. The number of nitrogens with one attached hydrogen (secondary N) is 1. The molecule has 3 rings (SSSR count). The first-order valence-electron chi connectivity index (χ1n) is 9.28.